The minimum Gasteiger partial charge on any atom is -0.368 e. The highest BCUT2D eigenvalue weighted by Gasteiger charge is 2.20. The van der Waals surface area contributed by atoms with Crippen LogP contribution in [-0.2, 0) is 4.79 Å². The van der Waals surface area contributed by atoms with Crippen LogP contribution in [-0.4, -0.2) is 33.9 Å². The van der Waals surface area contributed by atoms with E-state index in [0.29, 0.717) is 18.7 Å². The summed E-state index contributed by atoms with van der Waals surface area (Å²) in [5, 5.41) is 6.02. The van der Waals surface area contributed by atoms with E-state index in [1.807, 2.05) is 32.9 Å². The molecule has 2 aromatic heterocycles. The Kier molecular flexibility index (Phi) is 4.12. The summed E-state index contributed by atoms with van der Waals surface area (Å²) in [6, 6.07) is 3.72. The van der Waals surface area contributed by atoms with E-state index in [4.69, 9.17) is 0 Å². The number of carbonyl (C=O) groups excluding carboxylic acids is 1. The van der Waals surface area contributed by atoms with Crippen molar-refractivity contribution in [3.63, 3.8) is 0 Å². The molecular formula is C14H19N5O. The molecule has 6 heteroatoms. The fraction of sp³-hybridized carbons (Fsp3) is 0.429. The Hall–Kier alpha value is -2.24. The molecular weight excluding hydrogens is 254 g/mol. The van der Waals surface area contributed by atoms with E-state index in [9.17, 15) is 4.79 Å². The zero-order valence-electron chi connectivity index (χ0n) is 12.0. The Bertz CT molecular complexity index is 606. The van der Waals surface area contributed by atoms with Gasteiger partial charge >= 0.3 is 0 Å². The van der Waals surface area contributed by atoms with Gasteiger partial charge in [-0.15, -0.1) is 0 Å². The number of carbonyl (C=O) groups is 1. The lowest BCUT2D eigenvalue weighted by molar-refractivity contribution is -0.128. The van der Waals surface area contributed by atoms with Crippen molar-refractivity contribution in [2.75, 3.05) is 18.4 Å². The van der Waals surface area contributed by atoms with Crippen LogP contribution in [0.25, 0.3) is 11.2 Å². The summed E-state index contributed by atoms with van der Waals surface area (Å²) in [5.74, 6) is 0.764. The van der Waals surface area contributed by atoms with Crippen LogP contribution in [0.3, 0.4) is 0 Å². The van der Waals surface area contributed by atoms with Gasteiger partial charge in [0.2, 0.25) is 5.91 Å². The Morgan fingerprint density at radius 1 is 1.15 bits per heavy atom. The zero-order valence-corrected chi connectivity index (χ0v) is 12.0. The third kappa shape index (κ3) is 3.63. The fourth-order valence-corrected chi connectivity index (χ4v) is 1.58. The maximum absolute atomic E-state index is 11.7. The average molecular weight is 273 g/mol. The molecule has 20 heavy (non-hydrogen) atoms. The van der Waals surface area contributed by atoms with E-state index >= 15 is 0 Å². The summed E-state index contributed by atoms with van der Waals surface area (Å²) in [4.78, 5) is 24.3. The lowest BCUT2D eigenvalue weighted by Crippen LogP contribution is -2.37. The minimum atomic E-state index is -0.364. The maximum Gasteiger partial charge on any atom is 0.225 e. The highest BCUT2D eigenvalue weighted by atomic mass is 16.2. The lowest BCUT2D eigenvalue weighted by atomic mass is 9.96. The molecule has 0 spiro atoms. The van der Waals surface area contributed by atoms with Crippen molar-refractivity contribution in [2.24, 2.45) is 5.41 Å². The number of fused-ring (bicyclic) bond motifs is 1. The molecule has 106 valence electrons. The predicted octanol–water partition coefficient (Wildman–Crippen LogP) is 1.60. The molecule has 1 amide bonds. The Morgan fingerprint density at radius 3 is 2.65 bits per heavy atom. The van der Waals surface area contributed by atoms with Gasteiger partial charge in [0, 0.05) is 30.9 Å². The Morgan fingerprint density at radius 2 is 1.90 bits per heavy atom. The van der Waals surface area contributed by atoms with Gasteiger partial charge in [-0.2, -0.15) is 0 Å². The van der Waals surface area contributed by atoms with Crippen LogP contribution in [0.2, 0.25) is 0 Å². The summed E-state index contributed by atoms with van der Waals surface area (Å²) in [6.45, 7) is 6.83. The summed E-state index contributed by atoms with van der Waals surface area (Å²) in [7, 11) is 0. The zero-order chi connectivity index (χ0) is 14.6. The van der Waals surface area contributed by atoms with Gasteiger partial charge in [0.15, 0.2) is 5.65 Å². The molecule has 0 fully saturated rings. The van der Waals surface area contributed by atoms with E-state index in [-0.39, 0.29) is 11.3 Å². The molecule has 0 aromatic carbocycles. The summed E-state index contributed by atoms with van der Waals surface area (Å²) in [5.41, 5.74) is 1.01. The van der Waals surface area contributed by atoms with E-state index in [2.05, 4.69) is 25.6 Å². The molecule has 2 aromatic rings. The number of pyridine rings is 1. The number of amides is 1. The summed E-state index contributed by atoms with van der Waals surface area (Å²) >= 11 is 0. The van der Waals surface area contributed by atoms with Gasteiger partial charge in [0.25, 0.3) is 0 Å². The van der Waals surface area contributed by atoms with Gasteiger partial charge < -0.3 is 10.6 Å². The second-order valence-corrected chi connectivity index (χ2v) is 5.53. The Labute approximate surface area is 118 Å². The number of aromatic nitrogens is 3. The number of hydrogen-bond donors (Lipinski definition) is 2. The molecule has 6 nitrogen and oxygen atoms in total. The molecule has 0 aliphatic carbocycles. The first kappa shape index (κ1) is 14.2. The molecule has 0 atom stereocenters. The molecule has 0 unspecified atom stereocenters. The van der Waals surface area contributed by atoms with Gasteiger partial charge in [-0.25, -0.2) is 9.97 Å². The largest absolute Gasteiger partial charge is 0.368 e. The van der Waals surface area contributed by atoms with Crippen molar-refractivity contribution in [3.8, 4) is 0 Å². The predicted molar refractivity (Wildman–Crippen MR) is 78.3 cm³/mol. The van der Waals surface area contributed by atoms with Gasteiger partial charge in [-0.05, 0) is 12.1 Å². The van der Waals surface area contributed by atoms with Crippen molar-refractivity contribution >= 4 is 22.9 Å². The molecule has 2 heterocycles. The van der Waals surface area contributed by atoms with Gasteiger partial charge in [-0.1, -0.05) is 20.8 Å². The fourth-order valence-electron chi connectivity index (χ4n) is 1.58. The number of hydrogen-bond acceptors (Lipinski definition) is 5. The lowest BCUT2D eigenvalue weighted by Gasteiger charge is -2.17. The van der Waals surface area contributed by atoms with Gasteiger partial charge in [-0.3, -0.25) is 9.78 Å². The smallest absolute Gasteiger partial charge is 0.225 e. The molecule has 0 radical (unpaired) electrons. The van der Waals surface area contributed by atoms with Crippen LogP contribution in [0.15, 0.2) is 24.5 Å². The number of anilines is 1. The van der Waals surface area contributed by atoms with Gasteiger partial charge in [0.05, 0.1) is 0 Å². The first-order chi connectivity index (χ1) is 9.47. The van der Waals surface area contributed by atoms with Crippen molar-refractivity contribution in [3.05, 3.63) is 24.5 Å². The van der Waals surface area contributed by atoms with Crippen LogP contribution < -0.4 is 10.6 Å². The maximum atomic E-state index is 11.7. The highest BCUT2D eigenvalue weighted by molar-refractivity contribution is 5.81. The molecule has 0 aliphatic rings. The van der Waals surface area contributed by atoms with Crippen molar-refractivity contribution in [1.82, 2.24) is 20.3 Å². The SMILES string of the molecule is CC(C)(C)C(=O)NCCNc1ccc2nccnc2n1. The van der Waals surface area contributed by atoms with E-state index < -0.39 is 0 Å². The van der Waals surface area contributed by atoms with Crippen LogP contribution in [0.4, 0.5) is 5.82 Å². The molecule has 0 aliphatic heterocycles. The van der Waals surface area contributed by atoms with Crippen molar-refractivity contribution in [2.45, 2.75) is 20.8 Å². The minimum absolute atomic E-state index is 0.0386. The molecule has 0 saturated heterocycles. The second-order valence-electron chi connectivity index (χ2n) is 5.53. The number of rotatable bonds is 4. The van der Waals surface area contributed by atoms with Gasteiger partial charge in [0.1, 0.15) is 11.3 Å². The first-order valence-electron chi connectivity index (χ1n) is 6.57. The highest BCUT2D eigenvalue weighted by Crippen LogP contribution is 2.12. The third-order valence-electron chi connectivity index (χ3n) is 2.73. The average Bonchev–Trinajstić information content (AvgIpc) is 2.42. The summed E-state index contributed by atoms with van der Waals surface area (Å²) in [6.07, 6.45) is 3.25. The van der Waals surface area contributed by atoms with E-state index in [0.717, 1.165) is 11.3 Å². The monoisotopic (exact) mass is 273 g/mol. The molecule has 0 saturated carbocycles. The van der Waals surface area contributed by atoms with Crippen LogP contribution in [0.1, 0.15) is 20.8 Å². The van der Waals surface area contributed by atoms with Crippen LogP contribution in [0, 0.1) is 5.41 Å². The third-order valence-corrected chi connectivity index (χ3v) is 2.73. The van der Waals surface area contributed by atoms with Crippen LogP contribution >= 0.6 is 0 Å². The standard InChI is InChI=1S/C14H19N5O/c1-14(2,3)13(20)18-9-7-16-11-5-4-10-12(19-11)17-8-6-15-10/h4-6,8H,7,9H2,1-3H3,(H,18,20)(H,16,17,19). The van der Waals surface area contributed by atoms with Crippen LogP contribution in [0.5, 0.6) is 0 Å². The van der Waals surface area contributed by atoms with Crippen molar-refractivity contribution in [1.29, 1.82) is 0 Å². The van der Waals surface area contributed by atoms with E-state index in [1.54, 1.807) is 12.4 Å². The molecule has 2 N–H and O–H groups in total. The normalized spacial score (nSPS) is 11.3. The summed E-state index contributed by atoms with van der Waals surface area (Å²) < 4.78 is 0. The topological polar surface area (TPSA) is 79.8 Å². The van der Waals surface area contributed by atoms with E-state index in [1.165, 1.54) is 0 Å². The van der Waals surface area contributed by atoms with Crippen molar-refractivity contribution < 1.29 is 4.79 Å². The quantitative estimate of drug-likeness (QED) is 0.827. The Balaban J connectivity index is 1.86. The molecule has 0 bridgehead atoms. The number of nitrogens with one attached hydrogen (secondary N) is 2. The second kappa shape index (κ2) is 5.81. The molecule has 2 rings (SSSR count). The first-order valence-corrected chi connectivity index (χ1v) is 6.57. The number of nitrogens with zero attached hydrogens (tertiary/aromatic N) is 3.